The van der Waals surface area contributed by atoms with Gasteiger partial charge in [0.2, 0.25) is 5.91 Å². The van der Waals surface area contributed by atoms with Crippen molar-refractivity contribution in [3.63, 3.8) is 0 Å². The van der Waals surface area contributed by atoms with E-state index in [0.717, 1.165) is 11.8 Å². The first-order chi connectivity index (χ1) is 16.7. The van der Waals surface area contributed by atoms with E-state index in [1.165, 1.54) is 36.5 Å². The largest absolute Gasteiger partial charge is 0.495 e. The van der Waals surface area contributed by atoms with Gasteiger partial charge in [-0.1, -0.05) is 11.8 Å². The number of aromatic nitrogens is 4. The SMILES string of the molecule is COc1cnc2nc(C(F)F)nc(SCC(=O)c3ccc(C4(F)CCN(C(=O)CO)C4)nc3)c2c1. The number of hydrogen-bond acceptors (Lipinski definition) is 9. The molecule has 1 atom stereocenters. The van der Waals surface area contributed by atoms with E-state index in [1.54, 1.807) is 6.07 Å². The number of aliphatic hydroxyl groups is 1. The molecule has 4 rings (SSSR count). The lowest BCUT2D eigenvalue weighted by atomic mass is 9.99. The van der Waals surface area contributed by atoms with E-state index < -0.39 is 30.4 Å². The minimum absolute atomic E-state index is 0.0274. The lowest BCUT2D eigenvalue weighted by Gasteiger charge is -2.20. The molecule has 0 aliphatic carbocycles. The molecule has 0 saturated carbocycles. The Morgan fingerprint density at radius 2 is 2.06 bits per heavy atom. The summed E-state index contributed by atoms with van der Waals surface area (Å²) in [5.41, 5.74) is -1.54. The van der Waals surface area contributed by atoms with Crippen molar-refractivity contribution < 1.29 is 32.6 Å². The average Bonchev–Trinajstić information content (AvgIpc) is 3.29. The van der Waals surface area contributed by atoms with Gasteiger partial charge in [0.25, 0.3) is 6.43 Å². The Bertz CT molecular complexity index is 1260. The van der Waals surface area contributed by atoms with Gasteiger partial charge in [0.1, 0.15) is 17.4 Å². The number of rotatable bonds is 8. The van der Waals surface area contributed by atoms with Crippen molar-refractivity contribution in [1.29, 1.82) is 0 Å². The number of Topliss-reactive ketones (excluding diaryl/α,β-unsaturated/α-hetero) is 1. The molecule has 3 aromatic rings. The van der Waals surface area contributed by atoms with Crippen LogP contribution >= 0.6 is 11.8 Å². The number of amides is 1. The number of alkyl halides is 3. The second-order valence-corrected chi connectivity index (χ2v) is 8.73. The number of pyridine rings is 2. The van der Waals surface area contributed by atoms with Crippen LogP contribution in [0.5, 0.6) is 5.75 Å². The zero-order valence-corrected chi connectivity index (χ0v) is 19.3. The van der Waals surface area contributed by atoms with Crippen molar-refractivity contribution in [2.45, 2.75) is 23.5 Å². The van der Waals surface area contributed by atoms with E-state index in [0.29, 0.717) is 11.1 Å². The number of fused-ring (bicyclic) bond motifs is 1. The van der Waals surface area contributed by atoms with E-state index in [-0.39, 0.29) is 53.0 Å². The Morgan fingerprint density at radius 1 is 1.26 bits per heavy atom. The predicted octanol–water partition coefficient (Wildman–Crippen LogP) is 2.73. The lowest BCUT2D eigenvalue weighted by molar-refractivity contribution is -0.133. The number of halogens is 3. The Labute approximate surface area is 201 Å². The average molecular weight is 507 g/mol. The van der Waals surface area contributed by atoms with Gasteiger partial charge in [-0.05, 0) is 18.2 Å². The maximum atomic E-state index is 15.3. The highest BCUT2D eigenvalue weighted by molar-refractivity contribution is 8.00. The smallest absolute Gasteiger partial charge is 0.297 e. The fourth-order valence-corrected chi connectivity index (χ4v) is 4.54. The van der Waals surface area contributed by atoms with E-state index in [9.17, 15) is 18.4 Å². The molecule has 35 heavy (non-hydrogen) atoms. The first-order valence-electron chi connectivity index (χ1n) is 10.4. The van der Waals surface area contributed by atoms with Gasteiger partial charge in [-0.3, -0.25) is 14.6 Å². The molecule has 1 amide bonds. The van der Waals surface area contributed by atoms with E-state index in [2.05, 4.69) is 19.9 Å². The molecule has 0 bridgehead atoms. The number of carbonyl (C=O) groups excluding carboxylic acids is 2. The fourth-order valence-electron chi connectivity index (χ4n) is 3.64. The first-order valence-corrected chi connectivity index (χ1v) is 11.4. The second-order valence-electron chi connectivity index (χ2n) is 7.77. The number of likely N-dealkylation sites (tertiary alicyclic amines) is 1. The number of carbonyl (C=O) groups is 2. The lowest BCUT2D eigenvalue weighted by Crippen LogP contribution is -2.34. The van der Waals surface area contributed by atoms with Gasteiger partial charge in [0.15, 0.2) is 22.9 Å². The molecular weight excluding hydrogens is 487 g/mol. The summed E-state index contributed by atoms with van der Waals surface area (Å²) in [6, 6.07) is 4.36. The highest BCUT2D eigenvalue weighted by atomic mass is 32.2. The molecule has 9 nitrogen and oxygen atoms in total. The maximum Gasteiger partial charge on any atom is 0.297 e. The first kappa shape index (κ1) is 24.8. The van der Waals surface area contributed by atoms with Gasteiger partial charge in [-0.15, -0.1) is 0 Å². The monoisotopic (exact) mass is 507 g/mol. The number of methoxy groups -OCH3 is 1. The molecule has 13 heteroatoms. The standard InChI is InChI=1S/C22H20F3N5O4S/c1-34-13-6-14-19(27-8-13)28-20(18(23)24)29-21(14)35-10-15(32)12-2-3-16(26-7-12)22(25)4-5-30(11-22)17(33)9-31/h2-3,6-8,18,31H,4-5,9-11H2,1H3. The normalized spacial score (nSPS) is 17.8. The molecule has 1 unspecified atom stereocenters. The molecule has 1 aliphatic heterocycles. The summed E-state index contributed by atoms with van der Waals surface area (Å²) in [6.45, 7) is -0.771. The van der Waals surface area contributed by atoms with Crippen LogP contribution in [0.1, 0.15) is 34.7 Å². The summed E-state index contributed by atoms with van der Waals surface area (Å²) in [7, 11) is 1.43. The van der Waals surface area contributed by atoms with Crippen molar-refractivity contribution in [1.82, 2.24) is 24.8 Å². The van der Waals surface area contributed by atoms with Crippen LogP contribution in [0, 0.1) is 0 Å². The molecule has 3 aromatic heterocycles. The van der Waals surface area contributed by atoms with Crippen LogP contribution in [-0.4, -0.2) is 74.2 Å². The summed E-state index contributed by atoms with van der Waals surface area (Å²) in [5, 5.41) is 9.48. The van der Waals surface area contributed by atoms with Crippen LogP contribution in [0.3, 0.4) is 0 Å². The molecule has 184 valence electrons. The zero-order valence-electron chi connectivity index (χ0n) is 18.4. The molecule has 1 N–H and O–H groups in total. The molecular formula is C22H20F3N5O4S. The third kappa shape index (κ3) is 5.20. The van der Waals surface area contributed by atoms with Crippen molar-refractivity contribution in [2.75, 3.05) is 32.6 Å². The van der Waals surface area contributed by atoms with E-state index in [1.807, 2.05) is 0 Å². The molecule has 1 aliphatic rings. The maximum absolute atomic E-state index is 15.3. The van der Waals surface area contributed by atoms with Gasteiger partial charge in [0, 0.05) is 24.7 Å². The van der Waals surface area contributed by atoms with Crippen molar-refractivity contribution in [3.05, 3.63) is 47.7 Å². The fraction of sp³-hybridized carbons (Fsp3) is 0.364. The molecule has 0 aromatic carbocycles. The number of aliphatic hydroxyl groups excluding tert-OH is 1. The Kier molecular flexibility index (Phi) is 7.17. The van der Waals surface area contributed by atoms with Crippen LogP contribution in [0.25, 0.3) is 11.0 Å². The summed E-state index contributed by atoms with van der Waals surface area (Å²) in [4.78, 5) is 41.3. The predicted molar refractivity (Wildman–Crippen MR) is 119 cm³/mol. The number of hydrogen-bond donors (Lipinski definition) is 1. The summed E-state index contributed by atoms with van der Waals surface area (Å²) < 4.78 is 46.9. The van der Waals surface area contributed by atoms with Crippen molar-refractivity contribution in [2.24, 2.45) is 0 Å². The Hall–Kier alpha value is -3.32. The number of ketones is 1. The van der Waals surface area contributed by atoms with Gasteiger partial charge in [-0.2, -0.15) is 0 Å². The quantitative estimate of drug-likeness (QED) is 0.279. The van der Waals surface area contributed by atoms with Crippen molar-refractivity contribution in [3.8, 4) is 5.75 Å². The summed E-state index contributed by atoms with van der Waals surface area (Å²) >= 11 is 0.939. The van der Waals surface area contributed by atoms with Crippen molar-refractivity contribution >= 4 is 34.5 Å². The number of nitrogens with zero attached hydrogens (tertiary/aromatic N) is 5. The third-order valence-electron chi connectivity index (χ3n) is 5.53. The minimum atomic E-state index is -2.91. The Balaban J connectivity index is 1.50. The highest BCUT2D eigenvalue weighted by Crippen LogP contribution is 2.35. The van der Waals surface area contributed by atoms with Gasteiger partial charge in [0.05, 0.1) is 36.7 Å². The Morgan fingerprint density at radius 3 is 2.71 bits per heavy atom. The van der Waals surface area contributed by atoms with Gasteiger partial charge in [-0.25, -0.2) is 28.1 Å². The van der Waals surface area contributed by atoms with Gasteiger partial charge >= 0.3 is 0 Å². The number of thioether (sulfide) groups is 1. The molecule has 4 heterocycles. The highest BCUT2D eigenvalue weighted by Gasteiger charge is 2.42. The van der Waals surface area contributed by atoms with Crippen LogP contribution < -0.4 is 4.74 Å². The minimum Gasteiger partial charge on any atom is -0.495 e. The third-order valence-corrected chi connectivity index (χ3v) is 6.52. The topological polar surface area (TPSA) is 118 Å². The molecule has 1 fully saturated rings. The summed E-state index contributed by atoms with van der Waals surface area (Å²) in [5.74, 6) is -1.40. The van der Waals surface area contributed by atoms with Crippen LogP contribution in [0.15, 0.2) is 35.6 Å². The van der Waals surface area contributed by atoms with Gasteiger partial charge < -0.3 is 14.7 Å². The number of ether oxygens (including phenoxy) is 1. The molecule has 1 saturated heterocycles. The zero-order chi connectivity index (χ0) is 25.2. The second kappa shape index (κ2) is 10.1. The van der Waals surface area contributed by atoms with E-state index >= 15 is 4.39 Å². The molecule has 0 spiro atoms. The van der Waals surface area contributed by atoms with E-state index in [4.69, 9.17) is 9.84 Å². The summed E-state index contributed by atoms with van der Waals surface area (Å²) in [6.07, 6.45) is -0.302. The van der Waals surface area contributed by atoms with Crippen LogP contribution in [-0.2, 0) is 10.5 Å². The molecule has 0 radical (unpaired) electrons. The van der Waals surface area contributed by atoms with Crippen LogP contribution in [0.2, 0.25) is 0 Å². The van der Waals surface area contributed by atoms with Crippen LogP contribution in [0.4, 0.5) is 13.2 Å².